The highest BCUT2D eigenvalue weighted by molar-refractivity contribution is 7.86. The van der Waals surface area contributed by atoms with Crippen LogP contribution < -0.4 is 0 Å². The summed E-state index contributed by atoms with van der Waals surface area (Å²) in [4.78, 5) is 13.6. The fourth-order valence-electron chi connectivity index (χ4n) is 10.4. The minimum atomic E-state index is -3.76. The van der Waals surface area contributed by atoms with Gasteiger partial charge in [-0.2, -0.15) is 8.42 Å². The van der Waals surface area contributed by atoms with Crippen LogP contribution in [-0.2, 0) is 19.1 Å². The zero-order valence-corrected chi connectivity index (χ0v) is 23.9. The van der Waals surface area contributed by atoms with Crippen LogP contribution in [0, 0.1) is 46.8 Å². The van der Waals surface area contributed by atoms with Gasteiger partial charge in [0, 0.05) is 5.41 Å². The highest BCUT2D eigenvalue weighted by Crippen LogP contribution is 2.73. The maximum absolute atomic E-state index is 13.3. The number of hydrogen-bond donors (Lipinski definition) is 0. The summed E-state index contributed by atoms with van der Waals surface area (Å²) in [5.74, 6) is 2.93. The summed E-state index contributed by atoms with van der Waals surface area (Å²) < 4.78 is 31.8. The smallest absolute Gasteiger partial charge is 0.297 e. The standard InChI is InChI=1S/C32H44O4S/c1-21-8-11-26(12-9-21)37(34,35)36-25-14-17-30(3)23(19-25)10-13-27-28(30)15-18-31(4)29(27)20-24-7-5-6-16-32(24,31)22(2)33/h8-12,24-25,27-29H,5-7,13-20H2,1-4H3/t24-,25-,27+,28+,29+,30+,31+,32+/m0/s1. The second kappa shape index (κ2) is 8.78. The molecule has 5 aliphatic rings. The number of benzene rings is 1. The maximum Gasteiger partial charge on any atom is 0.297 e. The Balaban J connectivity index is 1.24. The highest BCUT2D eigenvalue weighted by Gasteiger charge is 2.68. The van der Waals surface area contributed by atoms with Gasteiger partial charge in [0.05, 0.1) is 11.0 Å². The van der Waals surface area contributed by atoms with E-state index in [1.54, 1.807) is 12.1 Å². The van der Waals surface area contributed by atoms with Gasteiger partial charge in [0.1, 0.15) is 5.78 Å². The molecule has 5 aliphatic carbocycles. The second-order valence-electron chi connectivity index (χ2n) is 13.6. The van der Waals surface area contributed by atoms with E-state index in [-0.39, 0.29) is 27.2 Å². The number of hydrogen-bond acceptors (Lipinski definition) is 4. The van der Waals surface area contributed by atoms with Gasteiger partial charge in [-0.25, -0.2) is 0 Å². The van der Waals surface area contributed by atoms with Crippen molar-refractivity contribution < 1.29 is 17.4 Å². The lowest BCUT2D eigenvalue weighted by molar-refractivity contribution is -0.147. The van der Waals surface area contributed by atoms with Crippen molar-refractivity contribution in [1.82, 2.24) is 0 Å². The number of allylic oxidation sites excluding steroid dienone is 1. The fraction of sp³-hybridized carbons (Fsp3) is 0.719. The van der Waals surface area contributed by atoms with Gasteiger partial charge < -0.3 is 0 Å². The van der Waals surface area contributed by atoms with Crippen molar-refractivity contribution in [3.05, 3.63) is 41.5 Å². The highest BCUT2D eigenvalue weighted by atomic mass is 32.2. The van der Waals surface area contributed by atoms with E-state index in [1.165, 1.54) is 44.1 Å². The predicted molar refractivity (Wildman–Crippen MR) is 145 cm³/mol. The number of aryl methyl sites for hydroxylation is 1. The van der Waals surface area contributed by atoms with Crippen molar-refractivity contribution in [3.8, 4) is 0 Å². The third-order valence-electron chi connectivity index (χ3n) is 12.3. The lowest BCUT2D eigenvalue weighted by Gasteiger charge is -2.60. The Labute approximate surface area is 223 Å². The van der Waals surface area contributed by atoms with Crippen LogP contribution in [0.3, 0.4) is 0 Å². The molecule has 0 saturated heterocycles. The van der Waals surface area contributed by atoms with E-state index >= 15 is 0 Å². The number of fused-ring (bicyclic) bond motifs is 7. The summed E-state index contributed by atoms with van der Waals surface area (Å²) in [5.41, 5.74) is 2.61. The van der Waals surface area contributed by atoms with Crippen molar-refractivity contribution in [2.75, 3.05) is 0 Å². The Kier molecular flexibility index (Phi) is 6.12. The van der Waals surface area contributed by atoms with E-state index in [1.807, 2.05) is 26.0 Å². The monoisotopic (exact) mass is 524 g/mol. The second-order valence-corrected chi connectivity index (χ2v) is 15.2. The van der Waals surface area contributed by atoms with Crippen LogP contribution in [0.5, 0.6) is 0 Å². The van der Waals surface area contributed by atoms with E-state index < -0.39 is 10.1 Å². The first-order chi connectivity index (χ1) is 17.5. The molecule has 4 nitrogen and oxygen atoms in total. The molecule has 4 saturated carbocycles. The van der Waals surface area contributed by atoms with Crippen molar-refractivity contribution in [3.63, 3.8) is 0 Å². The van der Waals surface area contributed by atoms with Crippen molar-refractivity contribution in [1.29, 1.82) is 0 Å². The van der Waals surface area contributed by atoms with Crippen molar-refractivity contribution in [2.45, 2.75) is 109 Å². The molecule has 1 aromatic carbocycles. The van der Waals surface area contributed by atoms with Gasteiger partial charge in [0.15, 0.2) is 0 Å². The predicted octanol–water partition coefficient (Wildman–Crippen LogP) is 7.41. The molecule has 0 aromatic heterocycles. The van der Waals surface area contributed by atoms with Gasteiger partial charge >= 0.3 is 0 Å². The quantitative estimate of drug-likeness (QED) is 0.304. The minimum absolute atomic E-state index is 0.0956. The average Bonchev–Trinajstić information content (AvgIpc) is 3.14. The number of ketones is 1. The third-order valence-corrected chi connectivity index (χ3v) is 13.7. The number of rotatable bonds is 4. The lowest BCUT2D eigenvalue weighted by atomic mass is 9.44. The molecule has 4 fully saturated rings. The number of carbonyl (C=O) groups is 1. The molecule has 37 heavy (non-hydrogen) atoms. The zero-order chi connectivity index (χ0) is 26.2. The van der Waals surface area contributed by atoms with Crippen LogP contribution in [0.25, 0.3) is 0 Å². The first kappa shape index (κ1) is 25.8. The topological polar surface area (TPSA) is 60.4 Å². The van der Waals surface area contributed by atoms with Gasteiger partial charge in [0.2, 0.25) is 0 Å². The maximum atomic E-state index is 13.3. The Hall–Kier alpha value is -1.46. The largest absolute Gasteiger partial charge is 0.299 e. The molecular weight excluding hydrogens is 480 g/mol. The summed E-state index contributed by atoms with van der Waals surface area (Å²) in [6, 6.07) is 6.94. The van der Waals surface area contributed by atoms with Gasteiger partial charge in [-0.3, -0.25) is 8.98 Å². The lowest BCUT2D eigenvalue weighted by Crippen LogP contribution is -2.55. The molecule has 5 heteroatoms. The molecule has 0 N–H and O–H groups in total. The van der Waals surface area contributed by atoms with Crippen LogP contribution in [0.2, 0.25) is 0 Å². The molecule has 0 radical (unpaired) electrons. The molecule has 202 valence electrons. The summed E-state index contributed by atoms with van der Waals surface area (Å²) >= 11 is 0. The summed E-state index contributed by atoms with van der Waals surface area (Å²) in [7, 11) is -3.76. The zero-order valence-electron chi connectivity index (χ0n) is 23.1. The summed E-state index contributed by atoms with van der Waals surface area (Å²) in [5, 5.41) is 0. The van der Waals surface area contributed by atoms with Gasteiger partial charge in [-0.05, 0) is 118 Å². The van der Waals surface area contributed by atoms with Crippen molar-refractivity contribution >= 4 is 15.9 Å². The van der Waals surface area contributed by atoms with E-state index in [0.29, 0.717) is 35.9 Å². The van der Waals surface area contributed by atoms with E-state index in [0.717, 1.165) is 31.2 Å². The van der Waals surface area contributed by atoms with Crippen LogP contribution in [0.15, 0.2) is 40.8 Å². The normalized spacial score (nSPS) is 43.1. The van der Waals surface area contributed by atoms with Gasteiger partial charge in [-0.15, -0.1) is 0 Å². The minimum Gasteiger partial charge on any atom is -0.299 e. The van der Waals surface area contributed by atoms with E-state index in [2.05, 4.69) is 19.9 Å². The van der Waals surface area contributed by atoms with Crippen LogP contribution in [0.4, 0.5) is 0 Å². The molecule has 0 aliphatic heterocycles. The first-order valence-corrected chi connectivity index (χ1v) is 16.1. The molecule has 6 rings (SSSR count). The first-order valence-electron chi connectivity index (χ1n) is 14.7. The molecule has 0 spiro atoms. The molecular formula is C32H44O4S. The number of carbonyl (C=O) groups excluding carboxylic acids is 1. The van der Waals surface area contributed by atoms with Crippen LogP contribution >= 0.6 is 0 Å². The Morgan fingerprint density at radius 1 is 0.973 bits per heavy atom. The molecule has 0 unspecified atom stereocenters. The molecule has 0 amide bonds. The van der Waals surface area contributed by atoms with Crippen LogP contribution in [-0.4, -0.2) is 20.3 Å². The molecule has 8 atom stereocenters. The molecule has 0 heterocycles. The fourth-order valence-corrected chi connectivity index (χ4v) is 11.5. The van der Waals surface area contributed by atoms with Gasteiger partial charge in [0.25, 0.3) is 10.1 Å². The Morgan fingerprint density at radius 3 is 2.46 bits per heavy atom. The third kappa shape index (κ3) is 3.69. The summed E-state index contributed by atoms with van der Waals surface area (Å²) in [6.45, 7) is 8.79. The Morgan fingerprint density at radius 2 is 1.73 bits per heavy atom. The molecule has 1 aromatic rings. The van der Waals surface area contributed by atoms with Gasteiger partial charge in [-0.1, -0.05) is 56.0 Å². The summed E-state index contributed by atoms with van der Waals surface area (Å²) in [6.07, 6.45) is 14.2. The van der Waals surface area contributed by atoms with E-state index in [9.17, 15) is 13.2 Å². The molecule has 0 bridgehead atoms. The Bertz CT molecular complexity index is 1220. The number of Topliss-reactive ketones (excluding diaryl/α,β-unsaturated/α-hetero) is 1. The van der Waals surface area contributed by atoms with Crippen molar-refractivity contribution in [2.24, 2.45) is 39.9 Å². The SMILES string of the molecule is CC(=O)[C@]12CCCC[C@H]1C[C@@H]1[C@@H]3CC=C4C[C@@H](OS(=O)(=O)c5ccc(C)cc5)CC[C@@]4(C)[C@@H]3CC[C@]12C. The van der Waals surface area contributed by atoms with E-state index in [4.69, 9.17) is 4.18 Å². The average molecular weight is 525 g/mol. The van der Waals surface area contributed by atoms with Crippen LogP contribution in [0.1, 0.15) is 97.0 Å².